The van der Waals surface area contributed by atoms with Gasteiger partial charge in [0.05, 0.1) is 8.07 Å². The Balaban J connectivity index is 1.20. The molecule has 2 heterocycles. The molecule has 36 heavy (non-hydrogen) atoms. The number of thiophene rings is 2. The third-order valence-electron chi connectivity index (χ3n) is 10.8. The van der Waals surface area contributed by atoms with Gasteiger partial charge in [-0.3, -0.25) is 0 Å². The van der Waals surface area contributed by atoms with Crippen molar-refractivity contribution in [1.82, 2.24) is 0 Å². The molecule has 3 fully saturated rings. The third-order valence-corrected chi connectivity index (χ3v) is 16.7. The highest BCUT2D eigenvalue weighted by Crippen LogP contribution is 2.64. The molecule has 2 aromatic rings. The van der Waals surface area contributed by atoms with Crippen molar-refractivity contribution < 1.29 is 0 Å². The highest BCUT2D eigenvalue weighted by atomic mass is 32.1. The second-order valence-electron chi connectivity index (χ2n) is 12.6. The molecule has 3 saturated carbocycles. The summed E-state index contributed by atoms with van der Waals surface area (Å²) in [6.07, 6.45) is 16.5. The van der Waals surface area contributed by atoms with E-state index < -0.39 is 8.07 Å². The zero-order valence-corrected chi connectivity index (χ0v) is 23.8. The van der Waals surface area contributed by atoms with E-state index in [1.165, 1.54) is 85.1 Å². The zero-order chi connectivity index (χ0) is 24.8. The van der Waals surface area contributed by atoms with E-state index in [9.17, 15) is 0 Å². The summed E-state index contributed by atoms with van der Waals surface area (Å²) in [5, 5.41) is 0. The van der Waals surface area contributed by atoms with Crippen LogP contribution in [0.5, 0.6) is 0 Å². The predicted octanol–water partition coefficient (Wildman–Crippen LogP) is 9.19. The van der Waals surface area contributed by atoms with Gasteiger partial charge >= 0.3 is 0 Å². The van der Waals surface area contributed by atoms with Gasteiger partial charge in [0.1, 0.15) is 0 Å². The third kappa shape index (κ3) is 3.68. The summed E-state index contributed by atoms with van der Waals surface area (Å²) in [7, 11) is -2.87. The van der Waals surface area contributed by atoms with E-state index >= 15 is 0 Å². The van der Waals surface area contributed by atoms with Gasteiger partial charge in [-0.15, -0.1) is 22.7 Å². The topological polar surface area (TPSA) is 0 Å². The Morgan fingerprint density at radius 1 is 0.694 bits per heavy atom. The lowest BCUT2D eigenvalue weighted by Gasteiger charge is -2.50. The fourth-order valence-electron chi connectivity index (χ4n) is 9.40. The number of hydrogen-bond donors (Lipinski definition) is 0. The zero-order valence-electron chi connectivity index (χ0n) is 21.1. The van der Waals surface area contributed by atoms with E-state index in [1.807, 2.05) is 0 Å². The van der Waals surface area contributed by atoms with Gasteiger partial charge in [0, 0.05) is 38.9 Å². The number of fused-ring (bicyclic) bond motifs is 6. The van der Waals surface area contributed by atoms with Crippen molar-refractivity contribution in [1.29, 1.82) is 0 Å². The monoisotopic (exact) mass is 524 g/mol. The fourth-order valence-corrected chi connectivity index (χ4v) is 16.3. The maximum Gasteiger partial charge on any atom is 0.0820 e. The summed E-state index contributed by atoms with van der Waals surface area (Å²) in [6, 6.07) is 4.18. The Morgan fingerprint density at radius 3 is 1.97 bits per heavy atom. The van der Waals surface area contributed by atoms with Gasteiger partial charge in [-0.25, -0.2) is 0 Å². The first kappa shape index (κ1) is 24.4. The van der Waals surface area contributed by atoms with Crippen LogP contribution in [-0.2, 0) is 0 Å². The minimum atomic E-state index is -2.87. The Hall–Kier alpha value is -0.643. The molecule has 5 aliphatic rings. The molecule has 0 spiro atoms. The standard InChI is InChI=1S/C33H36S2Si/c1-19-15-27-25(14-13-23-11-12-24(18-26(23)27)22-9-7-6-8-10-22)32(19)36(4,5)33-30-28(16-20(2)34-30)29-17-21(3)35-31(29)33/h1-5,15-17,22-27,32-33H,6-14,18H2. The van der Waals surface area contributed by atoms with Crippen LogP contribution in [0, 0.1) is 69.4 Å². The molecular weight excluding hydrogens is 489 g/mol. The molecule has 6 unspecified atom stereocenters. The lowest BCUT2D eigenvalue weighted by molar-refractivity contribution is 0.0383. The molecule has 0 aliphatic heterocycles. The average molecular weight is 525 g/mol. The molecule has 0 bridgehead atoms. The van der Waals surface area contributed by atoms with Crippen LogP contribution in [0.3, 0.4) is 0 Å². The molecular formula is C33H36S2Si. The Morgan fingerprint density at radius 2 is 1.31 bits per heavy atom. The van der Waals surface area contributed by atoms with Gasteiger partial charge in [0.25, 0.3) is 0 Å². The smallest absolute Gasteiger partial charge is 0.0820 e. The van der Waals surface area contributed by atoms with Crippen molar-refractivity contribution in [2.24, 2.45) is 35.5 Å². The molecule has 0 N–H and O–H groups in total. The van der Waals surface area contributed by atoms with E-state index in [4.69, 9.17) is 33.9 Å². The molecule has 2 aromatic heterocycles. The van der Waals surface area contributed by atoms with Gasteiger partial charge < -0.3 is 0 Å². The lowest BCUT2D eigenvalue weighted by Crippen LogP contribution is -2.47. The highest BCUT2D eigenvalue weighted by Gasteiger charge is 2.56. The number of hydrogen-bond acceptors (Lipinski definition) is 2. The van der Waals surface area contributed by atoms with Crippen LogP contribution in [0.2, 0.25) is 5.54 Å². The Kier molecular flexibility index (Phi) is 6.07. The van der Waals surface area contributed by atoms with Crippen LogP contribution in [0.25, 0.3) is 11.1 Å². The summed E-state index contributed by atoms with van der Waals surface area (Å²) < 4.78 is 0. The minimum Gasteiger partial charge on any atom is -0.144 e. The first-order valence-electron chi connectivity index (χ1n) is 14.2. The largest absolute Gasteiger partial charge is 0.144 e. The first-order valence-corrected chi connectivity index (χ1v) is 18.1. The first-order chi connectivity index (χ1) is 17.3. The summed E-state index contributed by atoms with van der Waals surface area (Å²) in [4.78, 5) is 4.17. The summed E-state index contributed by atoms with van der Waals surface area (Å²) in [5.41, 5.74) is 3.53. The molecule has 184 valence electrons. The average Bonchev–Trinajstić information content (AvgIpc) is 3.57. The molecule has 5 aliphatic carbocycles. The van der Waals surface area contributed by atoms with Crippen LogP contribution in [0.1, 0.15) is 89.3 Å². The van der Waals surface area contributed by atoms with E-state index in [0.29, 0.717) is 11.8 Å². The summed E-state index contributed by atoms with van der Waals surface area (Å²) >= 11 is 3.32. The molecule has 6 atom stereocenters. The van der Waals surface area contributed by atoms with Crippen LogP contribution >= 0.6 is 22.7 Å². The van der Waals surface area contributed by atoms with Crippen molar-refractivity contribution >= 4 is 30.7 Å². The van der Waals surface area contributed by atoms with Crippen LogP contribution < -0.4 is 0 Å². The SMILES string of the molecule is [CH]C1=CC2C3CC(C4CCCCC4)CCC3CCC2C1[Si]([CH])([CH])C1c2sc([CH])cc2-c2cc([CH])sc21. The number of allylic oxidation sites excluding steroid dienone is 2. The van der Waals surface area contributed by atoms with Crippen molar-refractivity contribution in [2.75, 3.05) is 0 Å². The maximum absolute atomic E-state index is 7.41. The second kappa shape index (κ2) is 8.95. The van der Waals surface area contributed by atoms with Gasteiger partial charge in [0.2, 0.25) is 0 Å². The lowest BCUT2D eigenvalue weighted by atomic mass is 9.58. The van der Waals surface area contributed by atoms with Crippen molar-refractivity contribution in [3.63, 3.8) is 0 Å². The van der Waals surface area contributed by atoms with Crippen molar-refractivity contribution in [2.45, 2.75) is 75.3 Å². The predicted molar refractivity (Wildman–Crippen MR) is 154 cm³/mol. The Bertz CT molecular complexity index is 1130. The number of rotatable bonds is 3. The van der Waals surface area contributed by atoms with Gasteiger partial charge in [-0.1, -0.05) is 43.8 Å². The van der Waals surface area contributed by atoms with Crippen LogP contribution in [-0.4, -0.2) is 8.07 Å². The molecule has 3 heteroatoms. The molecule has 0 saturated heterocycles. The van der Waals surface area contributed by atoms with Crippen molar-refractivity contribution in [3.8, 4) is 11.1 Å². The molecule has 7 rings (SSSR count). The fraction of sp³-hybridized carbons (Fsp3) is 0.545. The Labute approximate surface area is 229 Å². The molecule has 10 radical (unpaired) electrons. The summed E-state index contributed by atoms with van der Waals surface area (Å²) in [6.45, 7) is 34.3. The van der Waals surface area contributed by atoms with E-state index in [1.54, 1.807) is 22.7 Å². The normalized spacial score (nSPS) is 34.8. The van der Waals surface area contributed by atoms with Gasteiger partial charge in [0.15, 0.2) is 0 Å². The van der Waals surface area contributed by atoms with Gasteiger partial charge in [-0.05, 0) is 116 Å². The van der Waals surface area contributed by atoms with Crippen LogP contribution in [0.15, 0.2) is 23.8 Å². The van der Waals surface area contributed by atoms with E-state index in [2.05, 4.69) is 18.2 Å². The second-order valence-corrected chi connectivity index (χ2v) is 18.1. The summed E-state index contributed by atoms with van der Waals surface area (Å²) in [5.74, 6) is 4.56. The highest BCUT2D eigenvalue weighted by molar-refractivity contribution is 7.17. The maximum atomic E-state index is 7.41. The molecule has 0 nitrogen and oxygen atoms in total. The quantitative estimate of drug-likeness (QED) is 0.351. The molecule has 0 amide bonds. The van der Waals surface area contributed by atoms with Crippen LogP contribution in [0.4, 0.5) is 0 Å². The minimum absolute atomic E-state index is 0.0295. The van der Waals surface area contributed by atoms with Gasteiger partial charge in [-0.2, -0.15) is 0 Å². The van der Waals surface area contributed by atoms with E-state index in [0.717, 1.165) is 39.0 Å². The van der Waals surface area contributed by atoms with Crippen molar-refractivity contribution in [3.05, 3.63) is 77.2 Å². The molecule has 0 aromatic carbocycles. The van der Waals surface area contributed by atoms with E-state index in [-0.39, 0.29) is 11.1 Å².